The van der Waals surface area contributed by atoms with Gasteiger partial charge in [0.25, 0.3) is 0 Å². The lowest BCUT2D eigenvalue weighted by Crippen LogP contribution is -2.06. The lowest BCUT2D eigenvalue weighted by molar-refractivity contribution is 1.01. The maximum absolute atomic E-state index is 5.72. The van der Waals surface area contributed by atoms with Gasteiger partial charge in [-0.05, 0) is 73.5 Å². The maximum atomic E-state index is 5.72. The van der Waals surface area contributed by atoms with E-state index in [0.717, 1.165) is 99.8 Å². The standard InChI is InChI=1S/C67H45N9/c1-42-34-36-57-53(38-42)50-28-15-17-32-55(50)75(57)59-40-48(41-60(68-59)76-56-33-18-16-29-51(56)54-39-43(2)35-37-58(54)76)49-30-19-31-52(66-71-62(44-20-7-3-8-21-44)69-63(72-66)45-22-9-4-10-23-45)61(49)67-73-64(46-24-11-5-12-25-46)70-65(74-67)47-26-13-6-14-27-47/h3-41H,1-2H3. The normalized spacial score (nSPS) is 11.6. The van der Waals surface area contributed by atoms with E-state index in [1.165, 1.54) is 11.1 Å². The van der Waals surface area contributed by atoms with Crippen LogP contribution in [-0.4, -0.2) is 44.0 Å². The summed E-state index contributed by atoms with van der Waals surface area (Å²) < 4.78 is 4.60. The Labute approximate surface area is 438 Å². The molecular weight excluding hydrogens is 931 g/mol. The average Bonchev–Trinajstić information content (AvgIpc) is 4.03. The van der Waals surface area contributed by atoms with Crippen LogP contribution < -0.4 is 0 Å². The minimum atomic E-state index is 0.459. The molecule has 0 atom stereocenters. The molecule has 0 fully saturated rings. The molecule has 14 rings (SSSR count). The quantitative estimate of drug-likeness (QED) is 0.142. The largest absolute Gasteiger partial charge is 0.294 e. The van der Waals surface area contributed by atoms with Gasteiger partial charge in [-0.1, -0.05) is 199 Å². The smallest absolute Gasteiger partial charge is 0.165 e. The van der Waals surface area contributed by atoms with E-state index < -0.39 is 0 Å². The van der Waals surface area contributed by atoms with Crippen molar-refractivity contribution < 1.29 is 0 Å². The Morgan fingerprint density at radius 2 is 0.605 bits per heavy atom. The summed E-state index contributed by atoms with van der Waals surface area (Å²) in [5.41, 5.74) is 13.2. The highest BCUT2D eigenvalue weighted by atomic mass is 15.1. The minimum absolute atomic E-state index is 0.459. The Morgan fingerprint density at radius 1 is 0.250 bits per heavy atom. The van der Waals surface area contributed by atoms with Gasteiger partial charge in [-0.3, -0.25) is 9.13 Å². The number of aromatic nitrogens is 9. The van der Waals surface area contributed by atoms with Gasteiger partial charge in [-0.2, -0.15) is 0 Å². The SMILES string of the molecule is Cc1ccc2c(c1)c1ccccc1n2-c1cc(-c2cccc(-c3nc(-c4ccccc4)nc(-c4ccccc4)n3)c2-c2nc(-c3ccccc3)nc(-c3ccccc3)n2)cc(-n2c3ccccc3c3cc(C)ccc32)n1. The van der Waals surface area contributed by atoms with Gasteiger partial charge in [0.05, 0.1) is 22.1 Å². The molecule has 0 bridgehead atoms. The Bertz CT molecular complexity index is 4280. The summed E-state index contributed by atoms with van der Waals surface area (Å²) in [6.45, 7) is 4.29. The molecule has 0 amide bonds. The molecule has 0 aliphatic heterocycles. The summed E-state index contributed by atoms with van der Waals surface area (Å²) in [5, 5.41) is 4.61. The zero-order valence-electron chi connectivity index (χ0n) is 41.5. The molecule has 0 unspecified atom stereocenters. The van der Waals surface area contributed by atoms with Crippen molar-refractivity contribution in [1.29, 1.82) is 0 Å². The summed E-state index contributed by atoms with van der Waals surface area (Å²) in [6, 6.07) is 81.5. The van der Waals surface area contributed by atoms with Gasteiger partial charge in [0.15, 0.2) is 34.9 Å². The van der Waals surface area contributed by atoms with Crippen molar-refractivity contribution in [1.82, 2.24) is 44.0 Å². The maximum Gasteiger partial charge on any atom is 0.165 e. The van der Waals surface area contributed by atoms with Gasteiger partial charge in [0, 0.05) is 54.9 Å². The van der Waals surface area contributed by atoms with Crippen molar-refractivity contribution in [3.05, 3.63) is 248 Å². The first kappa shape index (κ1) is 44.5. The summed E-state index contributed by atoms with van der Waals surface area (Å²) in [7, 11) is 0. The fraction of sp³-hybridized carbons (Fsp3) is 0.0299. The Balaban J connectivity index is 1.12. The summed E-state index contributed by atoms with van der Waals surface area (Å²) in [5.74, 6) is 4.59. The molecular formula is C67H45N9. The second kappa shape index (κ2) is 18.4. The minimum Gasteiger partial charge on any atom is -0.294 e. The van der Waals surface area contributed by atoms with Gasteiger partial charge < -0.3 is 0 Å². The lowest BCUT2D eigenvalue weighted by Gasteiger charge is -2.19. The summed E-state index contributed by atoms with van der Waals surface area (Å²) in [4.78, 5) is 37.5. The third-order valence-corrected chi connectivity index (χ3v) is 14.2. The molecule has 76 heavy (non-hydrogen) atoms. The van der Waals surface area contributed by atoms with E-state index in [1.807, 2.05) is 121 Å². The zero-order chi connectivity index (χ0) is 50.7. The topological polar surface area (TPSA) is 100 Å². The van der Waals surface area contributed by atoms with E-state index in [0.29, 0.717) is 34.9 Å². The molecule has 9 nitrogen and oxygen atoms in total. The molecule has 5 aromatic heterocycles. The Morgan fingerprint density at radius 3 is 1.04 bits per heavy atom. The van der Waals surface area contributed by atoms with Gasteiger partial charge in [-0.25, -0.2) is 34.9 Å². The molecule has 358 valence electrons. The van der Waals surface area contributed by atoms with Crippen LogP contribution in [0.15, 0.2) is 237 Å². The number of hydrogen-bond acceptors (Lipinski definition) is 7. The first-order valence-electron chi connectivity index (χ1n) is 25.4. The van der Waals surface area contributed by atoms with E-state index in [2.05, 4.69) is 138 Å². The monoisotopic (exact) mass is 975 g/mol. The number of para-hydroxylation sites is 2. The fourth-order valence-electron chi connectivity index (χ4n) is 10.6. The lowest BCUT2D eigenvalue weighted by atomic mass is 9.94. The van der Waals surface area contributed by atoms with Crippen LogP contribution in [0.4, 0.5) is 0 Å². The molecule has 0 aliphatic carbocycles. The first-order chi connectivity index (χ1) is 37.5. The molecule has 9 aromatic carbocycles. The molecule has 0 radical (unpaired) electrons. The Hall–Kier alpha value is -10.3. The van der Waals surface area contributed by atoms with Crippen molar-refractivity contribution in [2.75, 3.05) is 0 Å². The van der Waals surface area contributed by atoms with E-state index in [1.54, 1.807) is 0 Å². The predicted molar refractivity (Wildman–Crippen MR) is 307 cm³/mol. The second-order valence-electron chi connectivity index (χ2n) is 19.1. The van der Waals surface area contributed by atoms with Crippen LogP contribution in [0.3, 0.4) is 0 Å². The number of benzene rings is 9. The Kier molecular flexibility index (Phi) is 10.7. The van der Waals surface area contributed by atoms with Crippen LogP contribution in [0, 0.1) is 13.8 Å². The number of nitrogens with zero attached hydrogens (tertiary/aromatic N) is 9. The van der Waals surface area contributed by atoms with Crippen molar-refractivity contribution in [3.8, 4) is 91.1 Å². The van der Waals surface area contributed by atoms with Crippen molar-refractivity contribution in [2.45, 2.75) is 13.8 Å². The second-order valence-corrected chi connectivity index (χ2v) is 19.1. The van der Waals surface area contributed by atoms with E-state index in [-0.39, 0.29) is 0 Å². The van der Waals surface area contributed by atoms with Gasteiger partial charge >= 0.3 is 0 Å². The fourth-order valence-corrected chi connectivity index (χ4v) is 10.6. The number of fused-ring (bicyclic) bond motifs is 6. The highest BCUT2D eigenvalue weighted by Gasteiger charge is 2.25. The van der Waals surface area contributed by atoms with Crippen LogP contribution in [0.25, 0.3) is 135 Å². The molecule has 0 spiro atoms. The van der Waals surface area contributed by atoms with Crippen molar-refractivity contribution in [3.63, 3.8) is 0 Å². The molecule has 14 aromatic rings. The van der Waals surface area contributed by atoms with Gasteiger partial charge in [0.2, 0.25) is 0 Å². The molecule has 9 heteroatoms. The van der Waals surface area contributed by atoms with Crippen LogP contribution in [-0.2, 0) is 0 Å². The van der Waals surface area contributed by atoms with Gasteiger partial charge in [-0.15, -0.1) is 0 Å². The zero-order valence-corrected chi connectivity index (χ0v) is 41.5. The molecule has 0 aliphatic rings. The summed E-state index contributed by atoms with van der Waals surface area (Å²) in [6.07, 6.45) is 0. The average molecular weight is 976 g/mol. The van der Waals surface area contributed by atoms with Crippen LogP contribution in [0.1, 0.15) is 11.1 Å². The third-order valence-electron chi connectivity index (χ3n) is 14.2. The first-order valence-corrected chi connectivity index (χ1v) is 25.4. The van der Waals surface area contributed by atoms with Gasteiger partial charge in [0.1, 0.15) is 11.6 Å². The molecule has 0 saturated heterocycles. The van der Waals surface area contributed by atoms with Crippen molar-refractivity contribution >= 4 is 43.6 Å². The van der Waals surface area contributed by atoms with E-state index in [4.69, 9.17) is 34.9 Å². The number of aryl methyl sites for hydroxylation is 2. The molecule has 0 N–H and O–H groups in total. The number of pyridine rings is 1. The predicted octanol–water partition coefficient (Wildman–Crippen LogP) is 15.9. The van der Waals surface area contributed by atoms with Crippen molar-refractivity contribution in [2.24, 2.45) is 0 Å². The molecule has 0 saturated carbocycles. The molecule has 5 heterocycles. The number of rotatable bonds is 9. The third kappa shape index (κ3) is 7.77. The highest BCUT2D eigenvalue weighted by molar-refractivity contribution is 6.11. The highest BCUT2D eigenvalue weighted by Crippen LogP contribution is 2.43. The van der Waals surface area contributed by atoms with E-state index in [9.17, 15) is 0 Å². The van der Waals surface area contributed by atoms with Crippen LogP contribution in [0.5, 0.6) is 0 Å². The van der Waals surface area contributed by atoms with Crippen LogP contribution >= 0.6 is 0 Å². The summed E-state index contributed by atoms with van der Waals surface area (Å²) >= 11 is 0. The van der Waals surface area contributed by atoms with Crippen LogP contribution in [0.2, 0.25) is 0 Å². The number of hydrogen-bond donors (Lipinski definition) is 0. The van der Waals surface area contributed by atoms with E-state index >= 15 is 0 Å².